The number of hydrogen-bond acceptors (Lipinski definition) is 6. The minimum Gasteiger partial charge on any atom is -0.481 e. The van der Waals surface area contributed by atoms with Crippen LogP contribution in [0.25, 0.3) is 0 Å². The minimum absolute atomic E-state index is 0.161. The fraction of sp³-hybridized carbons (Fsp3) is 0.714. The molecule has 1 aromatic heterocycles. The summed E-state index contributed by atoms with van der Waals surface area (Å²) in [7, 11) is 0. The number of hydrogen-bond donors (Lipinski definition) is 0. The Kier molecular flexibility index (Phi) is 2.91. The van der Waals surface area contributed by atoms with Crippen molar-refractivity contribution in [1.29, 1.82) is 0 Å². The molecular weight excluding hydrogens is 258 g/mol. The molecular formula is C14H19N3O3. The maximum atomic E-state index is 6.03. The normalized spacial score (nSPS) is 25.6. The van der Waals surface area contributed by atoms with E-state index in [9.17, 15) is 0 Å². The maximum Gasteiger partial charge on any atom is 0.263 e. The second-order valence-corrected chi connectivity index (χ2v) is 5.63. The van der Waals surface area contributed by atoms with Crippen LogP contribution in [-0.4, -0.2) is 49.0 Å². The molecule has 0 spiro atoms. The third-order valence-corrected chi connectivity index (χ3v) is 4.04. The molecule has 0 radical (unpaired) electrons. The highest BCUT2D eigenvalue weighted by molar-refractivity contribution is 5.58. The van der Waals surface area contributed by atoms with E-state index in [1.54, 1.807) is 0 Å². The number of morpholine rings is 1. The van der Waals surface area contributed by atoms with Gasteiger partial charge >= 0.3 is 0 Å². The molecule has 0 bridgehead atoms. The molecule has 0 aromatic carbocycles. The van der Waals surface area contributed by atoms with Gasteiger partial charge in [0.25, 0.3) is 5.88 Å². The van der Waals surface area contributed by atoms with Gasteiger partial charge in [-0.25, -0.2) is 4.98 Å². The van der Waals surface area contributed by atoms with E-state index in [2.05, 4.69) is 14.9 Å². The van der Waals surface area contributed by atoms with Gasteiger partial charge in [-0.05, 0) is 25.7 Å². The first-order chi connectivity index (χ1) is 9.81. The van der Waals surface area contributed by atoms with Crippen LogP contribution in [0.1, 0.15) is 18.7 Å². The summed E-state index contributed by atoms with van der Waals surface area (Å²) in [5.74, 6) is 3.54. The van der Waals surface area contributed by atoms with Crippen molar-refractivity contribution in [3.05, 3.63) is 5.82 Å². The van der Waals surface area contributed by atoms with Gasteiger partial charge in [0.2, 0.25) is 5.75 Å². The molecule has 1 saturated heterocycles. The summed E-state index contributed by atoms with van der Waals surface area (Å²) < 4.78 is 17.4. The average molecular weight is 277 g/mol. The number of fused-ring (bicyclic) bond motifs is 1. The molecule has 108 valence electrons. The molecule has 1 unspecified atom stereocenters. The standard InChI is InChI=1S/C14H19N3O3/c1-9-15-13(17-4-6-18-7-5-17)12-14(16-9)20-11(8-19-12)10-2-3-10/h10-11H,2-8H2,1H3. The Hall–Kier alpha value is -1.56. The van der Waals surface area contributed by atoms with Crippen LogP contribution < -0.4 is 14.4 Å². The highest BCUT2D eigenvalue weighted by Gasteiger charge is 2.38. The van der Waals surface area contributed by atoms with Gasteiger partial charge < -0.3 is 19.1 Å². The van der Waals surface area contributed by atoms with E-state index in [1.807, 2.05) is 6.92 Å². The van der Waals surface area contributed by atoms with Crippen molar-refractivity contribution in [2.45, 2.75) is 25.9 Å². The summed E-state index contributed by atoms with van der Waals surface area (Å²) in [4.78, 5) is 11.2. The lowest BCUT2D eigenvalue weighted by Gasteiger charge is -2.32. The van der Waals surface area contributed by atoms with Gasteiger partial charge in [0.1, 0.15) is 18.5 Å². The SMILES string of the molecule is Cc1nc2c(c(N3CCOCC3)n1)OCC(C1CC1)O2. The maximum absolute atomic E-state index is 6.03. The minimum atomic E-state index is 0.161. The number of anilines is 1. The topological polar surface area (TPSA) is 56.7 Å². The molecule has 1 aromatic rings. The fourth-order valence-corrected chi connectivity index (χ4v) is 2.76. The molecule has 6 nitrogen and oxygen atoms in total. The zero-order valence-electron chi connectivity index (χ0n) is 11.7. The summed E-state index contributed by atoms with van der Waals surface area (Å²) in [6.45, 7) is 5.62. The van der Waals surface area contributed by atoms with Gasteiger partial charge in [-0.1, -0.05) is 0 Å². The van der Waals surface area contributed by atoms with Crippen LogP contribution in [0.2, 0.25) is 0 Å². The number of ether oxygens (including phenoxy) is 3. The van der Waals surface area contributed by atoms with E-state index in [0.717, 1.165) is 37.9 Å². The molecule has 1 atom stereocenters. The molecule has 3 aliphatic rings. The monoisotopic (exact) mass is 277 g/mol. The summed E-state index contributed by atoms with van der Waals surface area (Å²) in [6.07, 6.45) is 2.64. The fourth-order valence-electron chi connectivity index (χ4n) is 2.76. The third-order valence-electron chi connectivity index (χ3n) is 4.04. The van der Waals surface area contributed by atoms with Gasteiger partial charge in [-0.2, -0.15) is 4.98 Å². The van der Waals surface area contributed by atoms with Crippen LogP contribution in [0.15, 0.2) is 0 Å². The molecule has 4 rings (SSSR count). The highest BCUT2D eigenvalue weighted by Crippen LogP contribution is 2.43. The average Bonchev–Trinajstić information content (AvgIpc) is 3.31. The summed E-state index contributed by atoms with van der Waals surface area (Å²) in [6, 6.07) is 0. The van der Waals surface area contributed by atoms with Crippen molar-refractivity contribution in [2.75, 3.05) is 37.8 Å². The smallest absolute Gasteiger partial charge is 0.263 e. The Morgan fingerprint density at radius 3 is 2.70 bits per heavy atom. The third kappa shape index (κ3) is 2.18. The second kappa shape index (κ2) is 4.77. The van der Waals surface area contributed by atoms with E-state index >= 15 is 0 Å². The van der Waals surface area contributed by atoms with Crippen LogP contribution in [0.3, 0.4) is 0 Å². The van der Waals surface area contributed by atoms with Crippen molar-refractivity contribution in [2.24, 2.45) is 5.92 Å². The van der Waals surface area contributed by atoms with Gasteiger partial charge in [0.15, 0.2) is 5.82 Å². The van der Waals surface area contributed by atoms with E-state index in [1.165, 1.54) is 12.8 Å². The van der Waals surface area contributed by atoms with Crippen LogP contribution in [0.4, 0.5) is 5.82 Å². The molecule has 2 fully saturated rings. The molecule has 1 aliphatic carbocycles. The molecule has 6 heteroatoms. The summed E-state index contributed by atoms with van der Waals surface area (Å²) >= 11 is 0. The van der Waals surface area contributed by atoms with Gasteiger partial charge in [0, 0.05) is 13.1 Å². The van der Waals surface area contributed by atoms with Crippen molar-refractivity contribution in [3.8, 4) is 11.6 Å². The van der Waals surface area contributed by atoms with Gasteiger partial charge in [0.05, 0.1) is 13.2 Å². The predicted octanol–water partition coefficient (Wildman–Crippen LogP) is 1.17. The Balaban J connectivity index is 1.65. The molecule has 1 saturated carbocycles. The predicted molar refractivity (Wildman–Crippen MR) is 72.4 cm³/mol. The summed E-state index contributed by atoms with van der Waals surface area (Å²) in [5.41, 5.74) is 0. The lowest BCUT2D eigenvalue weighted by Crippen LogP contribution is -2.38. The van der Waals surface area contributed by atoms with Crippen LogP contribution in [0.5, 0.6) is 11.6 Å². The Morgan fingerprint density at radius 1 is 1.15 bits per heavy atom. The van der Waals surface area contributed by atoms with Crippen LogP contribution >= 0.6 is 0 Å². The van der Waals surface area contributed by atoms with Crippen LogP contribution in [-0.2, 0) is 4.74 Å². The number of nitrogens with zero attached hydrogens (tertiary/aromatic N) is 3. The number of rotatable bonds is 2. The van der Waals surface area contributed by atoms with E-state index in [0.29, 0.717) is 24.2 Å². The van der Waals surface area contributed by atoms with E-state index in [4.69, 9.17) is 14.2 Å². The first-order valence-electron chi connectivity index (χ1n) is 7.32. The Morgan fingerprint density at radius 2 is 1.95 bits per heavy atom. The lowest BCUT2D eigenvalue weighted by atomic mass is 10.2. The summed E-state index contributed by atoms with van der Waals surface area (Å²) in [5, 5.41) is 0. The lowest BCUT2D eigenvalue weighted by molar-refractivity contribution is 0.0687. The second-order valence-electron chi connectivity index (χ2n) is 5.63. The molecule has 0 N–H and O–H groups in total. The molecule has 2 aliphatic heterocycles. The highest BCUT2D eigenvalue weighted by atomic mass is 16.6. The molecule has 3 heterocycles. The Bertz CT molecular complexity index is 513. The van der Waals surface area contributed by atoms with E-state index in [-0.39, 0.29) is 6.10 Å². The largest absolute Gasteiger partial charge is 0.481 e. The van der Waals surface area contributed by atoms with Crippen LogP contribution in [0, 0.1) is 12.8 Å². The van der Waals surface area contributed by atoms with Crippen molar-refractivity contribution < 1.29 is 14.2 Å². The first kappa shape index (κ1) is 12.2. The first-order valence-corrected chi connectivity index (χ1v) is 7.32. The van der Waals surface area contributed by atoms with E-state index < -0.39 is 0 Å². The zero-order valence-corrected chi connectivity index (χ0v) is 11.7. The Labute approximate surface area is 118 Å². The number of aryl methyl sites for hydroxylation is 1. The molecule has 0 amide bonds. The number of aromatic nitrogens is 2. The van der Waals surface area contributed by atoms with Crippen molar-refractivity contribution in [3.63, 3.8) is 0 Å². The quantitative estimate of drug-likeness (QED) is 0.809. The van der Waals surface area contributed by atoms with Gasteiger partial charge in [-0.3, -0.25) is 0 Å². The zero-order chi connectivity index (χ0) is 13.5. The van der Waals surface area contributed by atoms with Crippen molar-refractivity contribution >= 4 is 5.82 Å². The van der Waals surface area contributed by atoms with Crippen molar-refractivity contribution in [1.82, 2.24) is 9.97 Å². The van der Waals surface area contributed by atoms with Gasteiger partial charge in [-0.15, -0.1) is 0 Å². The molecule has 20 heavy (non-hydrogen) atoms.